The van der Waals surface area contributed by atoms with E-state index in [0.29, 0.717) is 11.6 Å². The second kappa shape index (κ2) is 6.35. The van der Waals surface area contributed by atoms with Crippen molar-refractivity contribution in [1.82, 2.24) is 14.5 Å². The van der Waals surface area contributed by atoms with Gasteiger partial charge >= 0.3 is 0 Å². The summed E-state index contributed by atoms with van der Waals surface area (Å²) in [4.78, 5) is 7.86. The number of aromatic nitrogens is 3. The zero-order chi connectivity index (χ0) is 12.8. The van der Waals surface area contributed by atoms with Crippen molar-refractivity contribution >= 4 is 17.4 Å². The van der Waals surface area contributed by atoms with Gasteiger partial charge in [-0.05, 0) is 18.9 Å². The average Bonchev–Trinajstić information content (AvgIpc) is 2.84. The molecule has 18 heavy (non-hydrogen) atoms. The number of rotatable bonds is 6. The molecule has 0 saturated carbocycles. The number of hydrogen-bond donors (Lipinski definition) is 1. The lowest BCUT2D eigenvalue weighted by Crippen LogP contribution is -2.06. The predicted molar refractivity (Wildman–Crippen MR) is 69.2 cm³/mol. The van der Waals surface area contributed by atoms with Gasteiger partial charge in [0.05, 0.1) is 11.3 Å². The van der Waals surface area contributed by atoms with Crippen LogP contribution < -0.4 is 5.32 Å². The van der Waals surface area contributed by atoms with Crippen molar-refractivity contribution < 1.29 is 4.39 Å². The molecule has 6 heteroatoms. The third kappa shape index (κ3) is 3.70. The molecule has 0 aromatic carbocycles. The highest BCUT2D eigenvalue weighted by Crippen LogP contribution is 2.15. The van der Waals surface area contributed by atoms with Gasteiger partial charge in [-0.2, -0.15) is 0 Å². The highest BCUT2D eigenvalue weighted by molar-refractivity contribution is 6.30. The van der Waals surface area contributed by atoms with E-state index in [-0.39, 0.29) is 5.82 Å². The van der Waals surface area contributed by atoms with Crippen LogP contribution in [0, 0.1) is 5.82 Å². The molecule has 0 aliphatic carbocycles. The van der Waals surface area contributed by atoms with E-state index in [0.717, 1.165) is 19.4 Å². The first-order valence-corrected chi connectivity index (χ1v) is 6.14. The summed E-state index contributed by atoms with van der Waals surface area (Å²) in [6, 6.07) is 1.25. The molecule has 0 aliphatic heterocycles. The normalized spacial score (nSPS) is 10.6. The number of aryl methyl sites for hydroxylation is 1. The second-order valence-corrected chi connectivity index (χ2v) is 4.35. The first-order chi connectivity index (χ1) is 8.75. The average molecular weight is 269 g/mol. The Hall–Kier alpha value is -1.62. The molecule has 0 radical (unpaired) electrons. The Balaban J connectivity index is 1.69. The molecule has 2 aromatic rings. The SMILES string of the molecule is Fc1cc(Cl)cnc1NCCCCn1ccnc1. The molecule has 2 aromatic heterocycles. The van der Waals surface area contributed by atoms with Crippen LogP contribution in [0.4, 0.5) is 10.2 Å². The van der Waals surface area contributed by atoms with Gasteiger partial charge in [0.1, 0.15) is 0 Å². The van der Waals surface area contributed by atoms with Crippen LogP contribution in [0.2, 0.25) is 5.02 Å². The van der Waals surface area contributed by atoms with E-state index in [4.69, 9.17) is 11.6 Å². The molecule has 4 nitrogen and oxygen atoms in total. The topological polar surface area (TPSA) is 42.7 Å². The van der Waals surface area contributed by atoms with E-state index >= 15 is 0 Å². The Bertz CT molecular complexity index is 487. The number of nitrogens with one attached hydrogen (secondary N) is 1. The Morgan fingerprint density at radius 1 is 1.39 bits per heavy atom. The lowest BCUT2D eigenvalue weighted by Gasteiger charge is -2.06. The van der Waals surface area contributed by atoms with Gasteiger partial charge < -0.3 is 9.88 Å². The summed E-state index contributed by atoms with van der Waals surface area (Å²) in [5.74, 6) is -0.167. The minimum absolute atomic E-state index is 0.252. The van der Waals surface area contributed by atoms with Crippen molar-refractivity contribution in [2.75, 3.05) is 11.9 Å². The molecular weight excluding hydrogens is 255 g/mol. The molecule has 2 rings (SSSR count). The van der Waals surface area contributed by atoms with Gasteiger partial charge in [0, 0.05) is 31.7 Å². The fourth-order valence-electron chi connectivity index (χ4n) is 1.59. The number of hydrogen-bond acceptors (Lipinski definition) is 3. The molecule has 0 amide bonds. The maximum Gasteiger partial charge on any atom is 0.166 e. The smallest absolute Gasteiger partial charge is 0.166 e. The van der Waals surface area contributed by atoms with E-state index in [2.05, 4.69) is 15.3 Å². The van der Waals surface area contributed by atoms with Gasteiger partial charge in [0.25, 0.3) is 0 Å². The number of pyridine rings is 1. The Kier molecular flexibility index (Phi) is 4.52. The number of halogens is 2. The van der Waals surface area contributed by atoms with E-state index in [1.165, 1.54) is 12.3 Å². The van der Waals surface area contributed by atoms with Gasteiger partial charge in [-0.1, -0.05) is 11.6 Å². The minimum Gasteiger partial charge on any atom is -0.368 e. The Morgan fingerprint density at radius 3 is 3.00 bits per heavy atom. The standard InChI is InChI=1S/C12H14ClFN4/c13-10-7-11(14)12(17-8-10)16-3-1-2-5-18-6-4-15-9-18/h4,6-9H,1-3,5H2,(H,16,17). The highest BCUT2D eigenvalue weighted by Gasteiger charge is 2.03. The molecule has 0 saturated heterocycles. The molecule has 2 heterocycles. The number of unbranched alkanes of at least 4 members (excludes halogenated alkanes) is 1. The monoisotopic (exact) mass is 268 g/mol. The Morgan fingerprint density at radius 2 is 2.28 bits per heavy atom. The zero-order valence-corrected chi connectivity index (χ0v) is 10.6. The van der Waals surface area contributed by atoms with Crippen LogP contribution in [0.1, 0.15) is 12.8 Å². The van der Waals surface area contributed by atoms with Gasteiger partial charge in [-0.25, -0.2) is 14.4 Å². The third-order valence-electron chi connectivity index (χ3n) is 2.50. The summed E-state index contributed by atoms with van der Waals surface area (Å²) in [5.41, 5.74) is 0. The Labute approximate surface area is 110 Å². The summed E-state index contributed by atoms with van der Waals surface area (Å²) >= 11 is 5.62. The largest absolute Gasteiger partial charge is 0.368 e. The molecule has 0 fully saturated rings. The maximum absolute atomic E-state index is 13.4. The molecule has 96 valence electrons. The maximum atomic E-state index is 13.4. The van der Waals surface area contributed by atoms with Gasteiger partial charge in [-0.3, -0.25) is 0 Å². The summed E-state index contributed by atoms with van der Waals surface area (Å²) in [7, 11) is 0. The van der Waals surface area contributed by atoms with Crippen molar-refractivity contribution in [2.45, 2.75) is 19.4 Å². The fourth-order valence-corrected chi connectivity index (χ4v) is 1.73. The van der Waals surface area contributed by atoms with E-state index in [1.54, 1.807) is 12.5 Å². The first kappa shape index (κ1) is 12.8. The molecule has 1 N–H and O–H groups in total. The number of nitrogens with zero attached hydrogens (tertiary/aromatic N) is 3. The fraction of sp³-hybridized carbons (Fsp3) is 0.333. The van der Waals surface area contributed by atoms with Crippen LogP contribution in [-0.2, 0) is 6.54 Å². The van der Waals surface area contributed by atoms with Crippen LogP contribution in [0.25, 0.3) is 0 Å². The lowest BCUT2D eigenvalue weighted by atomic mass is 10.3. The van der Waals surface area contributed by atoms with Crippen LogP contribution in [0.5, 0.6) is 0 Å². The van der Waals surface area contributed by atoms with E-state index < -0.39 is 5.82 Å². The number of imidazole rings is 1. The summed E-state index contributed by atoms with van der Waals surface area (Å²) < 4.78 is 15.4. The zero-order valence-electron chi connectivity index (χ0n) is 9.81. The molecule has 0 spiro atoms. The number of anilines is 1. The van der Waals surface area contributed by atoms with Crippen molar-refractivity contribution in [3.8, 4) is 0 Å². The summed E-state index contributed by atoms with van der Waals surface area (Å²) in [6.07, 6.45) is 8.83. The van der Waals surface area contributed by atoms with Crippen molar-refractivity contribution in [1.29, 1.82) is 0 Å². The first-order valence-electron chi connectivity index (χ1n) is 5.76. The minimum atomic E-state index is -0.419. The summed E-state index contributed by atoms with van der Waals surface area (Å²) in [5, 5.41) is 3.25. The van der Waals surface area contributed by atoms with Crippen LogP contribution >= 0.6 is 11.6 Å². The van der Waals surface area contributed by atoms with Crippen molar-refractivity contribution in [2.24, 2.45) is 0 Å². The van der Waals surface area contributed by atoms with Crippen molar-refractivity contribution in [3.63, 3.8) is 0 Å². The van der Waals surface area contributed by atoms with Crippen molar-refractivity contribution in [3.05, 3.63) is 41.8 Å². The van der Waals surface area contributed by atoms with Crippen LogP contribution in [0.3, 0.4) is 0 Å². The van der Waals surface area contributed by atoms with Crippen LogP contribution in [-0.4, -0.2) is 21.1 Å². The summed E-state index contributed by atoms with van der Waals surface area (Å²) in [6.45, 7) is 1.60. The molecule has 0 bridgehead atoms. The van der Waals surface area contributed by atoms with Gasteiger partial charge in [0.2, 0.25) is 0 Å². The van der Waals surface area contributed by atoms with E-state index in [9.17, 15) is 4.39 Å². The van der Waals surface area contributed by atoms with Crippen LogP contribution in [0.15, 0.2) is 31.0 Å². The lowest BCUT2D eigenvalue weighted by molar-refractivity contribution is 0.610. The third-order valence-corrected chi connectivity index (χ3v) is 2.71. The van der Waals surface area contributed by atoms with E-state index in [1.807, 2.05) is 10.8 Å². The second-order valence-electron chi connectivity index (χ2n) is 3.92. The molecule has 0 aliphatic rings. The quantitative estimate of drug-likeness (QED) is 0.819. The highest BCUT2D eigenvalue weighted by atomic mass is 35.5. The predicted octanol–water partition coefficient (Wildman–Crippen LogP) is 2.96. The van der Waals surface area contributed by atoms with Gasteiger partial charge in [-0.15, -0.1) is 0 Å². The molecule has 0 atom stereocenters. The molecule has 0 unspecified atom stereocenters. The van der Waals surface area contributed by atoms with Gasteiger partial charge in [0.15, 0.2) is 11.6 Å². The molecular formula is C12H14ClFN4.